The summed E-state index contributed by atoms with van der Waals surface area (Å²) >= 11 is 0. The lowest BCUT2D eigenvalue weighted by molar-refractivity contribution is -0.152. The highest BCUT2D eigenvalue weighted by Crippen LogP contribution is 2.23. The molecule has 0 aliphatic carbocycles. The topological polar surface area (TPSA) is 138 Å². The summed E-state index contributed by atoms with van der Waals surface area (Å²) in [6, 6.07) is 0. The molecule has 60 heavy (non-hydrogen) atoms. The van der Waals surface area contributed by atoms with Crippen LogP contribution in [-0.4, -0.2) is 92.3 Å². The fraction of sp³-hybridized carbons (Fsp3) is 0.918. The molecule has 11 nitrogen and oxygen atoms in total. The van der Waals surface area contributed by atoms with Crippen molar-refractivity contribution in [3.8, 4) is 0 Å². The van der Waals surface area contributed by atoms with Gasteiger partial charge in [0.1, 0.15) is 6.10 Å². The van der Waals surface area contributed by atoms with Gasteiger partial charge in [-0.3, -0.25) is 19.2 Å². The Labute approximate surface area is 366 Å². The maximum absolute atomic E-state index is 12.8. The molecule has 0 radical (unpaired) electrons. The molecule has 0 aromatic rings. The van der Waals surface area contributed by atoms with E-state index in [2.05, 4.69) is 32.6 Å². The fourth-order valence-electron chi connectivity index (χ4n) is 8.01. The van der Waals surface area contributed by atoms with E-state index in [9.17, 15) is 24.3 Å². The van der Waals surface area contributed by atoms with Crippen molar-refractivity contribution in [2.45, 2.75) is 233 Å². The van der Waals surface area contributed by atoms with Crippen LogP contribution in [0.4, 0.5) is 0 Å². The molecule has 0 aromatic heterocycles. The molecule has 0 saturated carbocycles. The van der Waals surface area contributed by atoms with Crippen LogP contribution in [-0.2, 0) is 42.9 Å². The molecule has 1 saturated heterocycles. The fourth-order valence-corrected chi connectivity index (χ4v) is 8.01. The lowest BCUT2D eigenvalue weighted by Gasteiger charge is -2.19. The average molecular weight is 854 g/mol. The maximum Gasteiger partial charge on any atom is 0.306 e. The minimum atomic E-state index is -1.08. The van der Waals surface area contributed by atoms with Crippen LogP contribution in [0.3, 0.4) is 0 Å². The van der Waals surface area contributed by atoms with Crippen molar-refractivity contribution in [3.05, 3.63) is 0 Å². The molecule has 1 rings (SSSR count). The van der Waals surface area contributed by atoms with Crippen molar-refractivity contribution >= 4 is 23.9 Å². The van der Waals surface area contributed by atoms with Crippen molar-refractivity contribution in [3.63, 3.8) is 0 Å². The summed E-state index contributed by atoms with van der Waals surface area (Å²) < 4.78 is 27.9. The zero-order chi connectivity index (χ0) is 43.9. The first-order valence-electron chi connectivity index (χ1n) is 24.9. The van der Waals surface area contributed by atoms with E-state index in [0.717, 1.165) is 38.9 Å². The van der Waals surface area contributed by atoms with E-state index in [4.69, 9.17) is 23.7 Å². The Morgan fingerprint density at radius 1 is 0.467 bits per heavy atom. The molecule has 11 heteroatoms. The second kappa shape index (κ2) is 39.6. The number of aliphatic hydroxyl groups excluding tert-OH is 1. The molecule has 1 N–H and O–H groups in total. The normalized spacial score (nSPS) is 14.1. The van der Waals surface area contributed by atoms with Gasteiger partial charge in [-0.2, -0.15) is 0 Å². The predicted octanol–water partition coefficient (Wildman–Crippen LogP) is 11.2. The summed E-state index contributed by atoms with van der Waals surface area (Å²) in [6.07, 6.45) is 25.5. The van der Waals surface area contributed by atoms with Crippen molar-refractivity contribution in [1.82, 2.24) is 4.90 Å². The summed E-state index contributed by atoms with van der Waals surface area (Å²) in [4.78, 5) is 52.3. The van der Waals surface area contributed by atoms with Gasteiger partial charge in [0, 0.05) is 19.4 Å². The number of likely N-dealkylation sites (tertiary alicyclic amines) is 1. The van der Waals surface area contributed by atoms with Gasteiger partial charge in [0.15, 0.2) is 6.29 Å². The molecule has 0 bridgehead atoms. The molecule has 0 aromatic carbocycles. The van der Waals surface area contributed by atoms with Crippen LogP contribution >= 0.6 is 0 Å². The molecule has 1 aliphatic rings. The monoisotopic (exact) mass is 854 g/mol. The van der Waals surface area contributed by atoms with Crippen LogP contribution < -0.4 is 0 Å². The number of carbonyl (C=O) groups is 4. The van der Waals surface area contributed by atoms with Gasteiger partial charge in [0.25, 0.3) is 0 Å². The standard InChI is InChI=1S/C49H91NO10/c1-5-9-13-22-42(23-14-10-6-2)33-40-58-47(53)31-29-45(51)56-38-20-26-44(60-49(55)28-19-37-50-35-17-18-36-50)27-21-39-57-46(52)30-32-48(54)59-41-34-43(24-15-11-7-3)25-16-12-8-4/h42-45,51H,5-41H2,1-4H3. The van der Waals surface area contributed by atoms with Crippen LogP contribution in [0.5, 0.6) is 0 Å². The minimum absolute atomic E-state index is 0.00131. The molecule has 1 fully saturated rings. The van der Waals surface area contributed by atoms with Gasteiger partial charge in [-0.15, -0.1) is 0 Å². The SMILES string of the molecule is CCCCCC(CCCCC)CCOC(=O)CCC(=O)OCCCC(CCCOC(O)CCC(=O)OCCC(CCCCC)CCCCC)OC(=O)CCCN1CCCC1. The first-order chi connectivity index (χ1) is 29.2. The molecule has 2 atom stereocenters. The van der Waals surface area contributed by atoms with Gasteiger partial charge >= 0.3 is 23.9 Å². The zero-order valence-corrected chi connectivity index (χ0v) is 39.0. The Morgan fingerprint density at radius 3 is 1.40 bits per heavy atom. The van der Waals surface area contributed by atoms with E-state index >= 15 is 0 Å². The Kier molecular flexibility index (Phi) is 36.8. The summed E-state index contributed by atoms with van der Waals surface area (Å²) in [5.41, 5.74) is 0. The molecular formula is C49H91NO10. The molecule has 2 unspecified atom stereocenters. The van der Waals surface area contributed by atoms with Gasteiger partial charge < -0.3 is 33.7 Å². The van der Waals surface area contributed by atoms with Crippen LogP contribution in [0.15, 0.2) is 0 Å². The second-order valence-corrected chi connectivity index (χ2v) is 17.4. The molecule has 1 aliphatic heterocycles. The Morgan fingerprint density at radius 2 is 0.917 bits per heavy atom. The summed E-state index contributed by atoms with van der Waals surface area (Å²) in [5, 5.41) is 10.4. The molecular weight excluding hydrogens is 763 g/mol. The number of rotatable bonds is 42. The van der Waals surface area contributed by atoms with Crippen LogP contribution in [0.2, 0.25) is 0 Å². The summed E-state index contributed by atoms with van der Waals surface area (Å²) in [7, 11) is 0. The van der Waals surface area contributed by atoms with E-state index in [1.807, 2.05) is 0 Å². The van der Waals surface area contributed by atoms with Crippen molar-refractivity contribution in [1.29, 1.82) is 0 Å². The van der Waals surface area contributed by atoms with Crippen molar-refractivity contribution in [2.75, 3.05) is 46.1 Å². The highest BCUT2D eigenvalue weighted by atomic mass is 16.6. The van der Waals surface area contributed by atoms with E-state index in [0.29, 0.717) is 57.2 Å². The van der Waals surface area contributed by atoms with Gasteiger partial charge in [0.05, 0.1) is 39.1 Å². The third-order valence-electron chi connectivity index (χ3n) is 11.8. The quantitative estimate of drug-likeness (QED) is 0.0272. The zero-order valence-electron chi connectivity index (χ0n) is 39.0. The number of unbranched alkanes of at least 4 members (excludes halogenated alkanes) is 8. The van der Waals surface area contributed by atoms with Gasteiger partial charge in [0.2, 0.25) is 0 Å². The Bertz CT molecular complexity index is 1030. The third kappa shape index (κ3) is 33.4. The minimum Gasteiger partial charge on any atom is -0.466 e. The van der Waals surface area contributed by atoms with Crippen LogP contribution in [0.25, 0.3) is 0 Å². The van der Waals surface area contributed by atoms with Crippen LogP contribution in [0.1, 0.15) is 220 Å². The highest BCUT2D eigenvalue weighted by Gasteiger charge is 2.19. The van der Waals surface area contributed by atoms with E-state index in [1.165, 1.54) is 116 Å². The third-order valence-corrected chi connectivity index (χ3v) is 11.8. The number of nitrogens with zero attached hydrogens (tertiary/aromatic N) is 1. The van der Waals surface area contributed by atoms with Crippen molar-refractivity contribution in [2.24, 2.45) is 11.8 Å². The molecule has 352 valence electrons. The van der Waals surface area contributed by atoms with Crippen LogP contribution in [0, 0.1) is 11.8 Å². The summed E-state index contributed by atoms with van der Waals surface area (Å²) in [6.45, 7) is 13.1. The lowest BCUT2D eigenvalue weighted by atomic mass is 9.92. The average Bonchev–Trinajstić information content (AvgIpc) is 3.76. The highest BCUT2D eigenvalue weighted by molar-refractivity contribution is 5.77. The molecule has 1 heterocycles. The second-order valence-electron chi connectivity index (χ2n) is 17.4. The van der Waals surface area contributed by atoms with Gasteiger partial charge in [-0.1, -0.05) is 130 Å². The van der Waals surface area contributed by atoms with E-state index in [1.54, 1.807) is 0 Å². The summed E-state index contributed by atoms with van der Waals surface area (Å²) in [5.74, 6) is -0.200. The van der Waals surface area contributed by atoms with Gasteiger partial charge in [-0.05, 0) is 89.3 Å². The lowest BCUT2D eigenvalue weighted by Crippen LogP contribution is -2.23. The smallest absolute Gasteiger partial charge is 0.306 e. The number of hydrogen-bond acceptors (Lipinski definition) is 11. The Hall–Kier alpha value is -2.24. The maximum atomic E-state index is 12.8. The largest absolute Gasteiger partial charge is 0.466 e. The molecule has 0 spiro atoms. The van der Waals surface area contributed by atoms with E-state index in [-0.39, 0.29) is 62.9 Å². The predicted molar refractivity (Wildman–Crippen MR) is 239 cm³/mol. The Balaban J connectivity index is 2.41. The van der Waals surface area contributed by atoms with Crippen molar-refractivity contribution < 1.29 is 48.0 Å². The number of ether oxygens (including phenoxy) is 5. The molecule has 0 amide bonds. The number of esters is 4. The van der Waals surface area contributed by atoms with Gasteiger partial charge in [-0.25, -0.2) is 0 Å². The number of aliphatic hydroxyl groups is 1. The number of hydrogen-bond donors (Lipinski definition) is 1. The number of carbonyl (C=O) groups excluding carboxylic acids is 4. The first-order valence-corrected chi connectivity index (χ1v) is 24.9. The first kappa shape index (κ1) is 55.8. The van der Waals surface area contributed by atoms with E-state index < -0.39 is 12.3 Å².